The smallest absolute Gasteiger partial charge is 0.336 e. The second-order valence-corrected chi connectivity index (χ2v) is 2.60. The Morgan fingerprint density at radius 2 is 2.33 bits per heavy atom. The monoisotopic (exact) mass is 203 g/mol. The Kier molecular flexibility index (Phi) is 3.92. The van der Waals surface area contributed by atoms with E-state index in [0.717, 1.165) is 0 Å². The van der Waals surface area contributed by atoms with Gasteiger partial charge in [-0.3, -0.25) is 0 Å². The molecule has 0 atom stereocenters. The molecule has 0 fully saturated rings. The number of carbonyl (C=O) groups is 1. The number of oxime groups is 1. The number of nitrogens with zero attached hydrogens (tertiary/aromatic N) is 1. The van der Waals surface area contributed by atoms with Gasteiger partial charge >= 0.3 is 5.97 Å². The Bertz CT molecular complexity index is 418. The van der Waals surface area contributed by atoms with Crippen molar-refractivity contribution in [3.8, 4) is 12.3 Å². The number of rotatable bonds is 4. The number of hydrogen-bond donors (Lipinski definition) is 1. The third-order valence-corrected chi connectivity index (χ3v) is 1.61. The third kappa shape index (κ3) is 3.16. The SMILES string of the molecule is C#CCO/N=C/c1ccccc1C(=O)O. The lowest BCUT2D eigenvalue weighted by Gasteiger charge is -1.98. The van der Waals surface area contributed by atoms with Crippen LogP contribution in [0.25, 0.3) is 0 Å². The molecule has 0 unspecified atom stereocenters. The zero-order chi connectivity index (χ0) is 11.1. The lowest BCUT2D eigenvalue weighted by Crippen LogP contribution is -2.01. The number of terminal acetylenes is 1. The molecule has 4 heteroatoms. The molecular weight excluding hydrogens is 194 g/mol. The molecule has 0 saturated heterocycles. The number of hydrogen-bond acceptors (Lipinski definition) is 3. The van der Waals surface area contributed by atoms with Crippen molar-refractivity contribution >= 4 is 12.2 Å². The summed E-state index contributed by atoms with van der Waals surface area (Å²) in [5.74, 6) is 1.23. The molecule has 15 heavy (non-hydrogen) atoms. The van der Waals surface area contributed by atoms with E-state index in [4.69, 9.17) is 11.5 Å². The number of carboxylic acid groups (broad SMARTS) is 1. The molecule has 1 aromatic carbocycles. The number of aromatic carboxylic acids is 1. The lowest BCUT2D eigenvalue weighted by molar-refractivity contribution is 0.0696. The van der Waals surface area contributed by atoms with E-state index in [1.54, 1.807) is 18.2 Å². The lowest BCUT2D eigenvalue weighted by atomic mass is 10.1. The summed E-state index contributed by atoms with van der Waals surface area (Å²) in [5, 5.41) is 12.4. The van der Waals surface area contributed by atoms with Gasteiger partial charge in [0.15, 0.2) is 6.61 Å². The highest BCUT2D eigenvalue weighted by atomic mass is 16.6. The van der Waals surface area contributed by atoms with Crippen LogP contribution in [0, 0.1) is 12.3 Å². The van der Waals surface area contributed by atoms with Gasteiger partial charge in [-0.25, -0.2) is 4.79 Å². The minimum atomic E-state index is -1.01. The minimum absolute atomic E-state index is 0.0612. The maximum atomic E-state index is 10.8. The fourth-order valence-corrected chi connectivity index (χ4v) is 0.973. The maximum absolute atomic E-state index is 10.8. The van der Waals surface area contributed by atoms with Crippen molar-refractivity contribution in [2.24, 2.45) is 5.16 Å². The predicted molar refractivity (Wildman–Crippen MR) is 55.8 cm³/mol. The van der Waals surface area contributed by atoms with Crippen LogP contribution in [0.2, 0.25) is 0 Å². The summed E-state index contributed by atoms with van der Waals surface area (Å²) in [6, 6.07) is 6.48. The molecule has 0 spiro atoms. The van der Waals surface area contributed by atoms with Crippen molar-refractivity contribution in [1.29, 1.82) is 0 Å². The topological polar surface area (TPSA) is 58.9 Å². The van der Waals surface area contributed by atoms with Crippen LogP contribution >= 0.6 is 0 Å². The van der Waals surface area contributed by atoms with Crippen molar-refractivity contribution in [2.45, 2.75) is 0 Å². The van der Waals surface area contributed by atoms with Gasteiger partial charge in [-0.1, -0.05) is 29.3 Å². The average Bonchev–Trinajstić information content (AvgIpc) is 2.25. The fraction of sp³-hybridized carbons (Fsp3) is 0.0909. The second-order valence-electron chi connectivity index (χ2n) is 2.60. The van der Waals surface area contributed by atoms with Crippen LogP contribution < -0.4 is 0 Å². The molecule has 1 N–H and O–H groups in total. The van der Waals surface area contributed by atoms with Crippen LogP contribution in [0.3, 0.4) is 0 Å². The molecule has 0 saturated carbocycles. The molecule has 0 amide bonds. The largest absolute Gasteiger partial charge is 0.478 e. The van der Waals surface area contributed by atoms with E-state index in [-0.39, 0.29) is 12.2 Å². The zero-order valence-corrected chi connectivity index (χ0v) is 7.88. The van der Waals surface area contributed by atoms with Crippen LogP contribution in [-0.4, -0.2) is 23.9 Å². The molecule has 0 aromatic heterocycles. The van der Waals surface area contributed by atoms with Crippen LogP contribution in [0.4, 0.5) is 0 Å². The number of carboxylic acids is 1. The normalized spacial score (nSPS) is 9.80. The van der Waals surface area contributed by atoms with Crippen molar-refractivity contribution < 1.29 is 14.7 Å². The van der Waals surface area contributed by atoms with E-state index in [9.17, 15) is 4.79 Å². The van der Waals surface area contributed by atoms with Gasteiger partial charge in [-0.15, -0.1) is 6.42 Å². The van der Waals surface area contributed by atoms with E-state index in [1.165, 1.54) is 12.3 Å². The number of benzene rings is 1. The molecule has 0 aliphatic heterocycles. The summed E-state index contributed by atoms with van der Waals surface area (Å²) in [7, 11) is 0. The average molecular weight is 203 g/mol. The molecule has 0 aliphatic carbocycles. The summed E-state index contributed by atoms with van der Waals surface area (Å²) >= 11 is 0. The van der Waals surface area contributed by atoms with Gasteiger partial charge in [-0.05, 0) is 6.07 Å². The molecule has 0 radical (unpaired) electrons. The molecular formula is C11H9NO3. The fourth-order valence-electron chi connectivity index (χ4n) is 0.973. The van der Waals surface area contributed by atoms with Gasteiger partial charge in [0.05, 0.1) is 11.8 Å². The Balaban J connectivity index is 2.81. The highest BCUT2D eigenvalue weighted by Crippen LogP contribution is 2.05. The first-order valence-electron chi connectivity index (χ1n) is 4.17. The summed E-state index contributed by atoms with van der Waals surface area (Å²) in [6.07, 6.45) is 6.26. The first-order valence-corrected chi connectivity index (χ1v) is 4.17. The van der Waals surface area contributed by atoms with Gasteiger partial charge in [0.25, 0.3) is 0 Å². The van der Waals surface area contributed by atoms with Gasteiger partial charge in [0, 0.05) is 5.56 Å². The Hall–Kier alpha value is -2.28. The standard InChI is InChI=1S/C11H9NO3/c1-2-7-15-12-8-9-5-3-4-6-10(9)11(13)14/h1,3-6,8H,7H2,(H,13,14)/b12-8+. The van der Waals surface area contributed by atoms with Gasteiger partial charge in [0.2, 0.25) is 0 Å². The highest BCUT2D eigenvalue weighted by Gasteiger charge is 2.06. The van der Waals surface area contributed by atoms with Gasteiger partial charge < -0.3 is 9.94 Å². The van der Waals surface area contributed by atoms with Crippen LogP contribution in [0.5, 0.6) is 0 Å². The first-order chi connectivity index (χ1) is 7.25. The molecule has 0 bridgehead atoms. The molecule has 1 rings (SSSR count). The molecule has 0 aliphatic rings. The summed E-state index contributed by atoms with van der Waals surface area (Å²) in [5.41, 5.74) is 0.646. The van der Waals surface area contributed by atoms with E-state index in [1.807, 2.05) is 0 Å². The van der Waals surface area contributed by atoms with Crippen molar-refractivity contribution in [1.82, 2.24) is 0 Å². The molecule has 1 aromatic rings. The summed E-state index contributed by atoms with van der Waals surface area (Å²) in [4.78, 5) is 15.4. The highest BCUT2D eigenvalue weighted by molar-refractivity contribution is 5.98. The van der Waals surface area contributed by atoms with E-state index in [2.05, 4.69) is 15.9 Å². The van der Waals surface area contributed by atoms with Crippen LogP contribution in [0.1, 0.15) is 15.9 Å². The van der Waals surface area contributed by atoms with Crippen molar-refractivity contribution in [3.63, 3.8) is 0 Å². The first kappa shape index (κ1) is 10.8. The van der Waals surface area contributed by atoms with Gasteiger partial charge in [0.1, 0.15) is 0 Å². The second kappa shape index (κ2) is 5.45. The third-order valence-electron chi connectivity index (χ3n) is 1.61. The van der Waals surface area contributed by atoms with Crippen molar-refractivity contribution in [3.05, 3.63) is 35.4 Å². The minimum Gasteiger partial charge on any atom is -0.478 e. The Labute approximate surface area is 87.2 Å². The van der Waals surface area contributed by atoms with E-state index < -0.39 is 5.97 Å². The predicted octanol–water partition coefficient (Wildman–Crippen LogP) is 1.37. The zero-order valence-electron chi connectivity index (χ0n) is 7.88. The van der Waals surface area contributed by atoms with Gasteiger partial charge in [-0.2, -0.15) is 0 Å². The quantitative estimate of drug-likeness (QED) is 0.348. The van der Waals surface area contributed by atoms with Crippen LogP contribution in [0.15, 0.2) is 29.4 Å². The maximum Gasteiger partial charge on any atom is 0.336 e. The van der Waals surface area contributed by atoms with Crippen molar-refractivity contribution in [2.75, 3.05) is 6.61 Å². The van der Waals surface area contributed by atoms with Crippen LogP contribution in [-0.2, 0) is 4.84 Å². The Morgan fingerprint density at radius 1 is 1.60 bits per heavy atom. The molecule has 0 heterocycles. The summed E-state index contributed by atoms with van der Waals surface area (Å²) < 4.78 is 0. The molecule has 76 valence electrons. The summed E-state index contributed by atoms with van der Waals surface area (Å²) in [6.45, 7) is 0.0612. The Morgan fingerprint density at radius 3 is 3.00 bits per heavy atom. The van der Waals surface area contributed by atoms with E-state index >= 15 is 0 Å². The molecule has 4 nitrogen and oxygen atoms in total. The van der Waals surface area contributed by atoms with E-state index in [0.29, 0.717) is 5.56 Å².